The minimum Gasteiger partial charge on any atom is -0.305 e. The van der Waals surface area contributed by atoms with Gasteiger partial charge >= 0.3 is 6.03 Å². The van der Waals surface area contributed by atoms with E-state index in [0.717, 1.165) is 12.1 Å². The maximum Gasteiger partial charge on any atom is 0.323 e. The summed E-state index contributed by atoms with van der Waals surface area (Å²) in [6.07, 6.45) is 1.55. The third-order valence-corrected chi connectivity index (χ3v) is 5.03. The molecule has 0 aliphatic heterocycles. The summed E-state index contributed by atoms with van der Waals surface area (Å²) in [7, 11) is 1.52. The number of aromatic nitrogens is 2. The van der Waals surface area contributed by atoms with Crippen molar-refractivity contribution in [3.05, 3.63) is 87.8 Å². The lowest BCUT2D eigenvalue weighted by Crippen LogP contribution is -2.28. The van der Waals surface area contributed by atoms with Crippen molar-refractivity contribution in [3.63, 3.8) is 0 Å². The van der Waals surface area contributed by atoms with E-state index in [1.807, 2.05) is 0 Å². The summed E-state index contributed by atoms with van der Waals surface area (Å²) < 4.78 is 28.3. The zero-order chi connectivity index (χ0) is 22.1. The van der Waals surface area contributed by atoms with Crippen LogP contribution in [0.4, 0.5) is 25.0 Å². The zero-order valence-corrected chi connectivity index (χ0v) is 16.9. The van der Waals surface area contributed by atoms with Crippen LogP contribution in [0.25, 0.3) is 22.2 Å². The smallest absolute Gasteiger partial charge is 0.305 e. The average Bonchev–Trinajstić information content (AvgIpc) is 2.75. The van der Waals surface area contributed by atoms with Crippen LogP contribution in [0.1, 0.15) is 0 Å². The summed E-state index contributed by atoms with van der Waals surface area (Å²) in [6, 6.07) is 12.2. The van der Waals surface area contributed by atoms with Crippen LogP contribution in [0.5, 0.6) is 0 Å². The molecule has 31 heavy (non-hydrogen) atoms. The molecule has 0 atom stereocenters. The second kappa shape index (κ2) is 8.16. The van der Waals surface area contributed by atoms with Gasteiger partial charge in [-0.15, -0.1) is 0 Å². The van der Waals surface area contributed by atoms with Gasteiger partial charge in [0.15, 0.2) is 0 Å². The first-order chi connectivity index (χ1) is 14.9. The van der Waals surface area contributed by atoms with E-state index in [9.17, 15) is 18.4 Å². The third kappa shape index (κ3) is 3.85. The van der Waals surface area contributed by atoms with Crippen LogP contribution in [-0.4, -0.2) is 15.6 Å². The molecule has 9 heteroatoms. The summed E-state index contributed by atoms with van der Waals surface area (Å²) >= 11 is 6.38. The Morgan fingerprint density at radius 3 is 2.58 bits per heavy atom. The molecule has 6 nitrogen and oxygen atoms in total. The predicted octanol–water partition coefficient (Wildman–Crippen LogP) is 5.18. The van der Waals surface area contributed by atoms with Gasteiger partial charge < -0.3 is 10.6 Å². The molecular weight excluding hydrogens is 426 g/mol. The maximum absolute atomic E-state index is 13.9. The van der Waals surface area contributed by atoms with E-state index in [-0.39, 0.29) is 11.4 Å². The molecule has 2 amide bonds. The number of carbonyl (C=O) groups excluding carboxylic acids is 1. The predicted molar refractivity (Wildman–Crippen MR) is 116 cm³/mol. The molecule has 156 valence electrons. The minimum absolute atomic E-state index is 0.0591. The van der Waals surface area contributed by atoms with Crippen LogP contribution >= 0.6 is 11.6 Å². The van der Waals surface area contributed by atoms with E-state index in [1.165, 1.54) is 11.6 Å². The van der Waals surface area contributed by atoms with Crippen LogP contribution in [0.3, 0.4) is 0 Å². The molecule has 4 rings (SSSR count). The van der Waals surface area contributed by atoms with Gasteiger partial charge in [0.05, 0.1) is 5.69 Å². The molecule has 0 aliphatic carbocycles. The quantitative estimate of drug-likeness (QED) is 0.461. The molecule has 0 aliphatic rings. The molecule has 0 radical (unpaired) electrons. The lowest BCUT2D eigenvalue weighted by Gasteiger charge is -2.17. The summed E-state index contributed by atoms with van der Waals surface area (Å²) in [5.41, 5.74) is 0.469. The molecule has 0 saturated carbocycles. The first-order valence-corrected chi connectivity index (χ1v) is 9.50. The molecule has 2 N–H and O–H groups in total. The van der Waals surface area contributed by atoms with Gasteiger partial charge in [0.1, 0.15) is 23.0 Å². The summed E-state index contributed by atoms with van der Waals surface area (Å²) in [5, 5.41) is 5.74. The van der Waals surface area contributed by atoms with Crippen molar-refractivity contribution in [3.8, 4) is 11.1 Å². The fourth-order valence-electron chi connectivity index (χ4n) is 3.28. The van der Waals surface area contributed by atoms with Crippen molar-refractivity contribution in [2.24, 2.45) is 7.05 Å². The van der Waals surface area contributed by atoms with Crippen molar-refractivity contribution in [1.82, 2.24) is 9.55 Å². The number of hydrogen-bond donors (Lipinski definition) is 2. The van der Waals surface area contributed by atoms with Crippen molar-refractivity contribution < 1.29 is 13.6 Å². The van der Waals surface area contributed by atoms with Crippen molar-refractivity contribution in [1.29, 1.82) is 0 Å². The zero-order valence-electron chi connectivity index (χ0n) is 16.1. The highest BCUT2D eigenvalue weighted by Crippen LogP contribution is 2.36. The Kier molecular flexibility index (Phi) is 5.39. The van der Waals surface area contributed by atoms with Gasteiger partial charge in [-0.1, -0.05) is 29.8 Å². The number of nitrogens with one attached hydrogen (secondary N) is 2. The lowest BCUT2D eigenvalue weighted by atomic mass is 10.0. The SMILES string of the molecule is Cn1c(=O)c(NC(=O)Nc2ccc(F)cc2F)c(-c2ccccc2Cl)c2cccnc21. The third-order valence-electron chi connectivity index (χ3n) is 4.70. The number of carbonyl (C=O) groups is 1. The highest BCUT2D eigenvalue weighted by atomic mass is 35.5. The number of amides is 2. The Hall–Kier alpha value is -3.78. The number of aryl methyl sites for hydroxylation is 1. The Morgan fingerprint density at radius 2 is 1.84 bits per heavy atom. The normalized spacial score (nSPS) is 10.8. The number of nitrogens with zero attached hydrogens (tertiary/aromatic N) is 2. The van der Waals surface area contributed by atoms with Gasteiger partial charge in [-0.25, -0.2) is 18.6 Å². The van der Waals surface area contributed by atoms with Crippen LogP contribution in [0, 0.1) is 11.6 Å². The Labute approximate surface area is 180 Å². The van der Waals surface area contributed by atoms with Gasteiger partial charge in [0.2, 0.25) is 0 Å². The second-order valence-electron chi connectivity index (χ2n) is 6.67. The van der Waals surface area contributed by atoms with Crippen molar-refractivity contribution >= 4 is 40.0 Å². The fourth-order valence-corrected chi connectivity index (χ4v) is 3.51. The summed E-state index contributed by atoms with van der Waals surface area (Å²) in [6.45, 7) is 0. The van der Waals surface area contributed by atoms with E-state index < -0.39 is 23.2 Å². The average molecular weight is 441 g/mol. The van der Waals surface area contributed by atoms with Gasteiger partial charge in [0.25, 0.3) is 5.56 Å². The van der Waals surface area contributed by atoms with Gasteiger partial charge in [0, 0.05) is 40.8 Å². The molecule has 0 fully saturated rings. The summed E-state index contributed by atoms with van der Waals surface area (Å²) in [5.74, 6) is -1.72. The number of fused-ring (bicyclic) bond motifs is 1. The van der Waals surface area contributed by atoms with Crippen LogP contribution in [0.2, 0.25) is 5.02 Å². The van der Waals surface area contributed by atoms with Gasteiger partial charge in [-0.2, -0.15) is 0 Å². The number of halogens is 3. The first-order valence-electron chi connectivity index (χ1n) is 9.12. The van der Waals surface area contributed by atoms with E-state index in [4.69, 9.17) is 11.6 Å². The van der Waals surface area contributed by atoms with E-state index in [1.54, 1.807) is 42.6 Å². The monoisotopic (exact) mass is 440 g/mol. The standard InChI is InChI=1S/C22H15ClF2N4O2/c1-29-20-14(6-4-10-26-20)18(13-5-2-3-7-15(13)23)19(21(29)30)28-22(31)27-17-9-8-12(24)11-16(17)25/h2-11H,1H3,(H2,27,28,31). The molecule has 2 aromatic heterocycles. The molecule has 0 bridgehead atoms. The minimum atomic E-state index is -0.947. The number of benzene rings is 2. The van der Waals surface area contributed by atoms with Crippen molar-refractivity contribution in [2.75, 3.05) is 10.6 Å². The van der Waals surface area contributed by atoms with E-state index in [0.29, 0.717) is 33.2 Å². The molecule has 0 unspecified atom stereocenters. The number of rotatable bonds is 3. The topological polar surface area (TPSA) is 76.0 Å². The molecule has 0 saturated heterocycles. The molecular formula is C22H15ClF2N4O2. The maximum atomic E-state index is 13.9. The second-order valence-corrected chi connectivity index (χ2v) is 7.08. The lowest BCUT2D eigenvalue weighted by molar-refractivity contribution is 0.262. The Balaban J connectivity index is 1.86. The highest BCUT2D eigenvalue weighted by Gasteiger charge is 2.21. The highest BCUT2D eigenvalue weighted by molar-refractivity contribution is 6.34. The molecule has 2 heterocycles. The van der Waals surface area contributed by atoms with Gasteiger partial charge in [-0.05, 0) is 30.3 Å². The Morgan fingerprint density at radius 1 is 1.06 bits per heavy atom. The van der Waals surface area contributed by atoms with Crippen LogP contribution < -0.4 is 16.2 Å². The molecule has 0 spiro atoms. The number of anilines is 2. The van der Waals surface area contributed by atoms with E-state index >= 15 is 0 Å². The number of urea groups is 1. The summed E-state index contributed by atoms with van der Waals surface area (Å²) in [4.78, 5) is 30.0. The van der Waals surface area contributed by atoms with Crippen LogP contribution in [-0.2, 0) is 7.05 Å². The van der Waals surface area contributed by atoms with Crippen molar-refractivity contribution in [2.45, 2.75) is 0 Å². The van der Waals surface area contributed by atoms with Crippen LogP contribution in [0.15, 0.2) is 65.6 Å². The Bertz CT molecular complexity index is 1390. The fraction of sp³-hybridized carbons (Fsp3) is 0.0455. The first kappa shape index (κ1) is 20.5. The number of hydrogen-bond acceptors (Lipinski definition) is 3. The molecule has 4 aromatic rings. The number of pyridine rings is 2. The van der Waals surface area contributed by atoms with E-state index in [2.05, 4.69) is 15.6 Å². The molecule has 2 aromatic carbocycles. The van der Waals surface area contributed by atoms with Gasteiger partial charge in [-0.3, -0.25) is 9.36 Å². The largest absolute Gasteiger partial charge is 0.323 e.